The summed E-state index contributed by atoms with van der Waals surface area (Å²) in [5, 5.41) is 0. The predicted molar refractivity (Wildman–Crippen MR) is 93.2 cm³/mol. The number of Topliss-reactive ketones (excluding diaryl/α,β-unsaturated/α-hetero) is 1. The average Bonchev–Trinajstić information content (AvgIpc) is 2.61. The van der Waals surface area contributed by atoms with Crippen LogP contribution >= 0.6 is 0 Å². The van der Waals surface area contributed by atoms with Gasteiger partial charge in [-0.2, -0.15) is 17.0 Å². The van der Waals surface area contributed by atoms with Gasteiger partial charge in [0.15, 0.2) is 5.78 Å². The first kappa shape index (κ1) is 19.1. The van der Waals surface area contributed by atoms with Gasteiger partial charge in [-0.05, 0) is 12.8 Å². The van der Waals surface area contributed by atoms with Crippen molar-refractivity contribution >= 4 is 16.0 Å². The molecule has 0 bridgehead atoms. The van der Waals surface area contributed by atoms with Gasteiger partial charge in [0, 0.05) is 31.7 Å². The molecule has 134 valence electrons. The third-order valence-electron chi connectivity index (χ3n) is 3.98. The van der Waals surface area contributed by atoms with E-state index in [1.807, 2.05) is 19.9 Å². The van der Waals surface area contributed by atoms with Crippen molar-refractivity contribution in [2.75, 3.05) is 32.8 Å². The molecule has 0 aliphatic carbocycles. The monoisotopic (exact) mass is 354 g/mol. The fourth-order valence-corrected chi connectivity index (χ4v) is 4.57. The van der Waals surface area contributed by atoms with Crippen molar-refractivity contribution < 1.29 is 17.9 Å². The van der Waals surface area contributed by atoms with E-state index in [4.69, 9.17) is 4.74 Å². The summed E-state index contributed by atoms with van der Waals surface area (Å²) in [5.74, 6) is -0.173. The number of hydrogen-bond acceptors (Lipinski definition) is 4. The number of ketones is 1. The number of morpholine rings is 1. The van der Waals surface area contributed by atoms with Gasteiger partial charge in [0.2, 0.25) is 0 Å². The van der Waals surface area contributed by atoms with E-state index in [0.29, 0.717) is 18.7 Å². The van der Waals surface area contributed by atoms with Crippen molar-refractivity contribution in [3.05, 3.63) is 35.9 Å². The van der Waals surface area contributed by atoms with Crippen molar-refractivity contribution in [3.63, 3.8) is 0 Å². The zero-order valence-corrected chi connectivity index (χ0v) is 15.2. The van der Waals surface area contributed by atoms with Gasteiger partial charge in [-0.25, -0.2) is 0 Å². The molecular formula is C17H26N2O4S. The van der Waals surface area contributed by atoms with Gasteiger partial charge in [0.05, 0.1) is 6.61 Å². The van der Waals surface area contributed by atoms with Crippen LogP contribution in [-0.4, -0.2) is 61.7 Å². The fourth-order valence-electron chi connectivity index (χ4n) is 2.79. The molecule has 1 atom stereocenters. The lowest BCUT2D eigenvalue weighted by molar-refractivity contribution is 0.00467. The van der Waals surface area contributed by atoms with E-state index >= 15 is 0 Å². The molecule has 1 aromatic carbocycles. The topological polar surface area (TPSA) is 66.9 Å². The molecule has 1 heterocycles. The minimum Gasteiger partial charge on any atom is -0.367 e. The highest BCUT2D eigenvalue weighted by Gasteiger charge is 2.36. The number of hydrogen-bond donors (Lipinski definition) is 0. The number of nitrogens with zero attached hydrogens (tertiary/aromatic N) is 2. The fraction of sp³-hybridized carbons (Fsp3) is 0.588. The molecule has 0 N–H and O–H groups in total. The summed E-state index contributed by atoms with van der Waals surface area (Å²) in [5.41, 5.74) is 0.542. The summed E-state index contributed by atoms with van der Waals surface area (Å²) in [7, 11) is -3.56. The van der Waals surface area contributed by atoms with Crippen molar-refractivity contribution in [1.82, 2.24) is 8.61 Å². The Morgan fingerprint density at radius 2 is 1.83 bits per heavy atom. The predicted octanol–water partition coefficient (Wildman–Crippen LogP) is 1.94. The lowest BCUT2D eigenvalue weighted by Crippen LogP contribution is -2.53. The van der Waals surface area contributed by atoms with E-state index in [1.165, 1.54) is 8.61 Å². The number of rotatable bonds is 8. The maximum atomic E-state index is 12.9. The maximum Gasteiger partial charge on any atom is 0.282 e. The summed E-state index contributed by atoms with van der Waals surface area (Å²) < 4.78 is 34.1. The molecule has 0 amide bonds. The number of benzene rings is 1. The Kier molecular flexibility index (Phi) is 6.91. The minimum absolute atomic E-state index is 0.0694. The molecule has 0 radical (unpaired) electrons. The van der Waals surface area contributed by atoms with E-state index in [9.17, 15) is 13.2 Å². The van der Waals surface area contributed by atoms with E-state index in [0.717, 1.165) is 12.8 Å². The van der Waals surface area contributed by atoms with Crippen LogP contribution in [0.1, 0.15) is 37.0 Å². The highest BCUT2D eigenvalue weighted by atomic mass is 32.2. The zero-order valence-electron chi connectivity index (χ0n) is 14.3. The first-order chi connectivity index (χ1) is 11.5. The van der Waals surface area contributed by atoms with E-state index in [2.05, 4.69) is 0 Å². The Morgan fingerprint density at radius 3 is 2.42 bits per heavy atom. The van der Waals surface area contributed by atoms with Gasteiger partial charge in [-0.15, -0.1) is 0 Å². The Bertz CT molecular complexity index is 627. The highest BCUT2D eigenvalue weighted by molar-refractivity contribution is 7.86. The van der Waals surface area contributed by atoms with Crippen LogP contribution in [0.15, 0.2) is 30.3 Å². The summed E-state index contributed by atoms with van der Waals surface area (Å²) >= 11 is 0. The van der Waals surface area contributed by atoms with Gasteiger partial charge in [0.25, 0.3) is 10.2 Å². The molecule has 24 heavy (non-hydrogen) atoms. The first-order valence-corrected chi connectivity index (χ1v) is 9.86. The van der Waals surface area contributed by atoms with Gasteiger partial charge in [-0.1, -0.05) is 44.2 Å². The van der Waals surface area contributed by atoms with Crippen LogP contribution in [0.2, 0.25) is 0 Å². The standard InChI is InChI=1S/C17H26N2O4S/c1-3-10-18(11-4-2)24(21,22)19-12-13-23-16(14-19)17(20)15-8-6-5-7-9-15/h5-9,16H,3-4,10-14H2,1-2H3. The van der Waals surface area contributed by atoms with Crippen molar-refractivity contribution in [3.8, 4) is 0 Å². The van der Waals surface area contributed by atoms with E-state index < -0.39 is 16.3 Å². The van der Waals surface area contributed by atoms with Crippen LogP contribution in [0.25, 0.3) is 0 Å². The Hall–Kier alpha value is -1.28. The van der Waals surface area contributed by atoms with Gasteiger partial charge >= 0.3 is 0 Å². The Labute approximate surface area is 144 Å². The normalized spacial score (nSPS) is 19.5. The summed E-state index contributed by atoms with van der Waals surface area (Å²) in [6.07, 6.45) is 0.771. The third kappa shape index (κ3) is 4.42. The Morgan fingerprint density at radius 1 is 1.21 bits per heavy atom. The van der Waals surface area contributed by atoms with Crippen LogP contribution in [0.5, 0.6) is 0 Å². The van der Waals surface area contributed by atoms with Crippen LogP contribution in [0.3, 0.4) is 0 Å². The lowest BCUT2D eigenvalue weighted by Gasteiger charge is -2.35. The maximum absolute atomic E-state index is 12.9. The number of ether oxygens (including phenoxy) is 1. The second-order valence-corrected chi connectivity index (χ2v) is 7.78. The molecule has 1 unspecified atom stereocenters. The molecule has 0 saturated carbocycles. The van der Waals surface area contributed by atoms with E-state index in [1.54, 1.807) is 24.3 Å². The quantitative estimate of drug-likeness (QED) is 0.669. The van der Waals surface area contributed by atoms with Gasteiger partial charge < -0.3 is 4.74 Å². The van der Waals surface area contributed by atoms with Gasteiger partial charge in [0.1, 0.15) is 6.10 Å². The molecule has 0 spiro atoms. The molecule has 0 aromatic heterocycles. The SMILES string of the molecule is CCCN(CCC)S(=O)(=O)N1CCOC(C(=O)c2ccccc2)C1. The summed E-state index contributed by atoms with van der Waals surface area (Å²) in [4.78, 5) is 12.5. The molecule has 1 aliphatic rings. The molecular weight excluding hydrogens is 328 g/mol. The van der Waals surface area contributed by atoms with E-state index in [-0.39, 0.29) is 25.5 Å². The smallest absolute Gasteiger partial charge is 0.282 e. The summed E-state index contributed by atoms with van der Waals surface area (Å²) in [6, 6.07) is 8.85. The highest BCUT2D eigenvalue weighted by Crippen LogP contribution is 2.17. The summed E-state index contributed by atoms with van der Waals surface area (Å²) in [6.45, 7) is 5.48. The third-order valence-corrected chi connectivity index (χ3v) is 5.98. The molecule has 1 fully saturated rings. The molecule has 1 aliphatic heterocycles. The van der Waals surface area contributed by atoms with Crippen LogP contribution in [0.4, 0.5) is 0 Å². The van der Waals surface area contributed by atoms with Crippen LogP contribution in [-0.2, 0) is 14.9 Å². The van der Waals surface area contributed by atoms with Crippen LogP contribution < -0.4 is 0 Å². The van der Waals surface area contributed by atoms with Crippen molar-refractivity contribution in [2.45, 2.75) is 32.8 Å². The largest absolute Gasteiger partial charge is 0.367 e. The Balaban J connectivity index is 2.13. The molecule has 6 nitrogen and oxygen atoms in total. The molecule has 2 rings (SSSR count). The first-order valence-electron chi connectivity index (χ1n) is 8.46. The lowest BCUT2D eigenvalue weighted by atomic mass is 10.1. The second-order valence-electron chi connectivity index (χ2n) is 5.85. The second kappa shape index (κ2) is 8.71. The van der Waals surface area contributed by atoms with Crippen molar-refractivity contribution in [1.29, 1.82) is 0 Å². The van der Waals surface area contributed by atoms with Crippen LogP contribution in [0, 0.1) is 0 Å². The zero-order chi connectivity index (χ0) is 17.6. The average molecular weight is 354 g/mol. The minimum atomic E-state index is -3.56. The molecule has 1 saturated heterocycles. The number of carbonyl (C=O) groups excluding carboxylic acids is 1. The van der Waals surface area contributed by atoms with Gasteiger partial charge in [-0.3, -0.25) is 4.79 Å². The molecule has 7 heteroatoms. The van der Waals surface area contributed by atoms with Crippen molar-refractivity contribution in [2.24, 2.45) is 0 Å². The molecule has 1 aromatic rings. The number of carbonyl (C=O) groups is 1.